The summed E-state index contributed by atoms with van der Waals surface area (Å²) in [7, 11) is 2.06. The minimum atomic E-state index is 0.163. The van der Waals surface area contributed by atoms with Crippen molar-refractivity contribution in [2.45, 2.75) is 6.42 Å². The second-order valence-corrected chi connectivity index (χ2v) is 6.83. The van der Waals surface area contributed by atoms with E-state index in [9.17, 15) is 4.79 Å². The summed E-state index contributed by atoms with van der Waals surface area (Å²) < 4.78 is 2.13. The van der Waals surface area contributed by atoms with Crippen LogP contribution in [-0.4, -0.2) is 33.4 Å². The predicted octanol–water partition coefficient (Wildman–Crippen LogP) is 2.95. The van der Waals surface area contributed by atoms with Crippen molar-refractivity contribution in [2.24, 2.45) is 13.0 Å². The Balaban J connectivity index is 1.45. The molecule has 1 aliphatic heterocycles. The van der Waals surface area contributed by atoms with Gasteiger partial charge < -0.3 is 9.47 Å². The van der Waals surface area contributed by atoms with Crippen LogP contribution in [0.4, 0.5) is 0 Å². The van der Waals surface area contributed by atoms with Crippen molar-refractivity contribution in [3.05, 3.63) is 52.6 Å². The topological polar surface area (TPSA) is 38.1 Å². The molecule has 22 heavy (non-hydrogen) atoms. The molecule has 1 amide bonds. The smallest absolute Gasteiger partial charge is 0.263 e. The predicted molar refractivity (Wildman–Crippen MR) is 88.1 cm³/mol. The molecule has 0 saturated carbocycles. The number of hydrogen-bond acceptors (Lipinski definition) is 3. The van der Waals surface area contributed by atoms with E-state index in [0.29, 0.717) is 5.92 Å². The summed E-state index contributed by atoms with van der Waals surface area (Å²) in [6.07, 6.45) is 4.89. The monoisotopic (exact) mass is 311 g/mol. The Hall–Kier alpha value is -2.14. The number of aromatic nitrogens is 2. The third kappa shape index (κ3) is 2.22. The number of amides is 1. The minimum absolute atomic E-state index is 0.163. The summed E-state index contributed by atoms with van der Waals surface area (Å²) in [5.74, 6) is 0.674. The Morgan fingerprint density at radius 3 is 3.00 bits per heavy atom. The van der Waals surface area contributed by atoms with Gasteiger partial charge in [-0.05, 0) is 35.9 Å². The van der Waals surface area contributed by atoms with Crippen molar-refractivity contribution in [1.82, 2.24) is 14.5 Å². The summed E-state index contributed by atoms with van der Waals surface area (Å²) in [4.78, 5) is 19.6. The van der Waals surface area contributed by atoms with Crippen LogP contribution in [0.3, 0.4) is 0 Å². The molecule has 5 heteroatoms. The number of likely N-dealkylation sites (tertiary alicyclic amines) is 1. The van der Waals surface area contributed by atoms with Gasteiger partial charge in [0.05, 0.1) is 16.1 Å². The number of thiophene rings is 1. The van der Waals surface area contributed by atoms with Crippen molar-refractivity contribution in [1.29, 1.82) is 0 Å². The number of carbonyl (C=O) groups excluding carboxylic acids is 1. The summed E-state index contributed by atoms with van der Waals surface area (Å²) in [6, 6.07) is 7.99. The van der Waals surface area contributed by atoms with Crippen LogP contribution in [-0.2, 0) is 13.5 Å². The number of nitrogens with zero attached hydrogens (tertiary/aromatic N) is 3. The normalized spacial score (nSPS) is 15.2. The lowest BCUT2D eigenvalue weighted by Crippen LogP contribution is -2.50. The molecular formula is C17H17N3OS. The molecule has 3 aromatic heterocycles. The van der Waals surface area contributed by atoms with Gasteiger partial charge >= 0.3 is 0 Å². The minimum Gasteiger partial charge on any atom is -0.349 e. The summed E-state index contributed by atoms with van der Waals surface area (Å²) in [5, 5.41) is 3.18. The largest absolute Gasteiger partial charge is 0.349 e. The third-order valence-electron chi connectivity index (χ3n) is 4.32. The van der Waals surface area contributed by atoms with Gasteiger partial charge in [0.2, 0.25) is 0 Å². The molecule has 0 radical (unpaired) electrons. The molecule has 112 valence electrons. The van der Waals surface area contributed by atoms with Gasteiger partial charge in [-0.1, -0.05) is 6.07 Å². The quantitative estimate of drug-likeness (QED) is 0.746. The fraction of sp³-hybridized carbons (Fsp3) is 0.294. The zero-order valence-electron chi connectivity index (χ0n) is 12.4. The zero-order valence-corrected chi connectivity index (χ0v) is 13.2. The number of carbonyl (C=O) groups is 1. The summed E-state index contributed by atoms with van der Waals surface area (Å²) in [6.45, 7) is 1.67. The van der Waals surface area contributed by atoms with Crippen molar-refractivity contribution in [2.75, 3.05) is 13.1 Å². The van der Waals surface area contributed by atoms with Gasteiger partial charge in [-0.2, -0.15) is 0 Å². The molecule has 1 fully saturated rings. The van der Waals surface area contributed by atoms with E-state index in [1.165, 1.54) is 22.2 Å². The molecule has 0 spiro atoms. The number of pyridine rings is 1. The molecule has 0 aromatic carbocycles. The van der Waals surface area contributed by atoms with Crippen LogP contribution in [0.15, 0.2) is 42.0 Å². The Kier molecular flexibility index (Phi) is 3.22. The maximum atomic E-state index is 12.2. The van der Waals surface area contributed by atoms with Crippen molar-refractivity contribution < 1.29 is 4.79 Å². The van der Waals surface area contributed by atoms with E-state index < -0.39 is 0 Å². The van der Waals surface area contributed by atoms with E-state index in [0.717, 1.165) is 30.1 Å². The van der Waals surface area contributed by atoms with Gasteiger partial charge in [0.15, 0.2) is 0 Å². The number of aryl methyl sites for hydroxylation is 1. The average Bonchev–Trinajstić information content (AvgIpc) is 3.12. The number of rotatable bonds is 3. The molecule has 4 rings (SSSR count). The van der Waals surface area contributed by atoms with Gasteiger partial charge in [-0.25, -0.2) is 0 Å². The lowest BCUT2D eigenvalue weighted by molar-refractivity contribution is 0.0505. The van der Waals surface area contributed by atoms with Gasteiger partial charge in [0.1, 0.15) is 0 Å². The van der Waals surface area contributed by atoms with E-state index in [4.69, 9.17) is 0 Å². The van der Waals surface area contributed by atoms with Crippen molar-refractivity contribution in [3.8, 4) is 0 Å². The highest BCUT2D eigenvalue weighted by molar-refractivity contribution is 7.12. The van der Waals surface area contributed by atoms with Crippen LogP contribution in [0, 0.1) is 5.92 Å². The van der Waals surface area contributed by atoms with Crippen LogP contribution in [0.2, 0.25) is 0 Å². The SMILES string of the molecule is Cn1ccc2ccnc(CC3CN(C(=O)c4cccs4)C3)c21. The fourth-order valence-corrected chi connectivity index (χ4v) is 3.86. The van der Waals surface area contributed by atoms with Gasteiger partial charge in [0.25, 0.3) is 5.91 Å². The second kappa shape index (κ2) is 5.25. The van der Waals surface area contributed by atoms with Gasteiger partial charge in [-0.3, -0.25) is 9.78 Å². The van der Waals surface area contributed by atoms with E-state index in [1.54, 1.807) is 0 Å². The average molecular weight is 311 g/mol. The molecule has 0 bridgehead atoms. The first-order chi connectivity index (χ1) is 10.7. The standard InChI is InChI=1S/C17H17N3OS/c1-19-7-5-13-4-6-18-14(16(13)19)9-12-10-20(11-12)17(21)15-3-2-8-22-15/h2-8,12H,9-11H2,1H3. The molecule has 1 aliphatic rings. The van der Waals surface area contributed by atoms with E-state index in [1.807, 2.05) is 34.7 Å². The van der Waals surface area contributed by atoms with Gasteiger partial charge in [-0.15, -0.1) is 11.3 Å². The molecule has 1 saturated heterocycles. The maximum absolute atomic E-state index is 12.2. The third-order valence-corrected chi connectivity index (χ3v) is 5.18. The van der Waals surface area contributed by atoms with Crippen molar-refractivity contribution >= 4 is 28.1 Å². The van der Waals surface area contributed by atoms with Crippen LogP contribution >= 0.6 is 11.3 Å². The molecule has 0 N–H and O–H groups in total. The first kappa shape index (κ1) is 13.5. The molecule has 4 heterocycles. The molecule has 0 aliphatic carbocycles. The Morgan fingerprint density at radius 2 is 2.23 bits per heavy atom. The second-order valence-electron chi connectivity index (χ2n) is 5.88. The van der Waals surface area contributed by atoms with E-state index >= 15 is 0 Å². The summed E-state index contributed by atoms with van der Waals surface area (Å²) in [5.41, 5.74) is 2.35. The van der Waals surface area contributed by atoms with E-state index in [2.05, 4.69) is 28.9 Å². The molecular weight excluding hydrogens is 294 g/mol. The highest BCUT2D eigenvalue weighted by atomic mass is 32.1. The van der Waals surface area contributed by atoms with Gasteiger partial charge in [0, 0.05) is 37.9 Å². The Bertz CT molecular complexity index is 816. The lowest BCUT2D eigenvalue weighted by Gasteiger charge is -2.39. The Morgan fingerprint density at radius 1 is 1.36 bits per heavy atom. The first-order valence-corrected chi connectivity index (χ1v) is 8.32. The zero-order chi connectivity index (χ0) is 15.1. The Labute approximate surface area is 133 Å². The van der Waals surface area contributed by atoms with Crippen LogP contribution < -0.4 is 0 Å². The molecule has 4 nitrogen and oxygen atoms in total. The van der Waals surface area contributed by atoms with Crippen LogP contribution in [0.5, 0.6) is 0 Å². The van der Waals surface area contributed by atoms with Crippen molar-refractivity contribution in [3.63, 3.8) is 0 Å². The lowest BCUT2D eigenvalue weighted by atomic mass is 9.93. The maximum Gasteiger partial charge on any atom is 0.263 e. The molecule has 0 unspecified atom stereocenters. The highest BCUT2D eigenvalue weighted by Crippen LogP contribution is 2.26. The summed E-state index contributed by atoms with van der Waals surface area (Å²) >= 11 is 1.51. The highest BCUT2D eigenvalue weighted by Gasteiger charge is 2.32. The molecule has 0 atom stereocenters. The fourth-order valence-electron chi connectivity index (χ4n) is 3.17. The first-order valence-electron chi connectivity index (χ1n) is 7.44. The van der Waals surface area contributed by atoms with Crippen LogP contribution in [0.25, 0.3) is 10.9 Å². The van der Waals surface area contributed by atoms with Crippen LogP contribution in [0.1, 0.15) is 15.4 Å². The van der Waals surface area contributed by atoms with E-state index in [-0.39, 0.29) is 5.91 Å². The number of hydrogen-bond donors (Lipinski definition) is 0. The number of fused-ring (bicyclic) bond motifs is 1. The molecule has 3 aromatic rings.